The van der Waals surface area contributed by atoms with Crippen LogP contribution in [-0.2, 0) is 6.42 Å². The average molecular weight is 244 g/mol. The summed E-state index contributed by atoms with van der Waals surface area (Å²) in [7, 11) is 0. The summed E-state index contributed by atoms with van der Waals surface area (Å²) in [5, 5.41) is 8.26. The Labute approximate surface area is 106 Å². The van der Waals surface area contributed by atoms with Crippen LogP contribution in [0.5, 0.6) is 0 Å². The lowest BCUT2D eigenvalue weighted by molar-refractivity contribution is 0.604. The molecule has 2 heterocycles. The summed E-state index contributed by atoms with van der Waals surface area (Å²) in [5.74, 6) is 5.64. The summed E-state index contributed by atoms with van der Waals surface area (Å²) >= 11 is 0. The van der Waals surface area contributed by atoms with Crippen LogP contribution in [0.15, 0.2) is 24.7 Å². The maximum atomic E-state index is 5.64. The van der Waals surface area contributed by atoms with Crippen LogP contribution >= 0.6 is 0 Å². The van der Waals surface area contributed by atoms with E-state index in [1.165, 1.54) is 0 Å². The van der Waals surface area contributed by atoms with Gasteiger partial charge < -0.3 is 0 Å². The summed E-state index contributed by atoms with van der Waals surface area (Å²) in [6, 6.07) is 1.76. The number of nitrogens with one attached hydrogen (secondary N) is 1. The van der Waals surface area contributed by atoms with E-state index in [0.717, 1.165) is 29.1 Å². The van der Waals surface area contributed by atoms with Crippen molar-refractivity contribution in [2.75, 3.05) is 0 Å². The molecule has 0 bridgehead atoms. The van der Waals surface area contributed by atoms with Crippen molar-refractivity contribution in [3.8, 4) is 0 Å². The zero-order chi connectivity index (χ0) is 13.0. The molecule has 0 spiro atoms. The fourth-order valence-electron chi connectivity index (χ4n) is 1.85. The molecule has 0 saturated heterocycles. The Morgan fingerprint density at radius 2 is 2.17 bits per heavy atom. The molecular weight excluding hydrogens is 228 g/mol. The highest BCUT2D eigenvalue weighted by molar-refractivity contribution is 5.30. The van der Waals surface area contributed by atoms with E-state index in [9.17, 15) is 0 Å². The summed E-state index contributed by atoms with van der Waals surface area (Å²) < 4.78 is 0. The molecule has 3 N–H and O–H groups in total. The molecule has 0 radical (unpaired) electrons. The quantitative estimate of drug-likeness (QED) is 0.607. The van der Waals surface area contributed by atoms with Gasteiger partial charge in [-0.2, -0.15) is 10.2 Å². The van der Waals surface area contributed by atoms with Crippen LogP contribution in [0.2, 0.25) is 0 Å². The highest BCUT2D eigenvalue weighted by Gasteiger charge is 2.18. The Bertz CT molecular complexity index is 513. The van der Waals surface area contributed by atoms with Crippen LogP contribution in [0, 0.1) is 6.92 Å². The molecule has 1 atom stereocenters. The number of nitrogens with two attached hydrogens (primary N) is 1. The molecule has 1 unspecified atom stereocenters. The second kappa shape index (κ2) is 5.61. The summed E-state index contributed by atoms with van der Waals surface area (Å²) in [6.07, 6.45) is 5.77. The molecule has 0 fully saturated rings. The molecular formula is C12H16N6. The topological polar surface area (TPSA) is 89.6 Å². The first-order valence-corrected chi connectivity index (χ1v) is 5.81. The maximum Gasteiger partial charge on any atom is 0.0915 e. The van der Waals surface area contributed by atoms with Crippen LogP contribution in [0.1, 0.15) is 35.6 Å². The first kappa shape index (κ1) is 12.5. The number of hydrazine groups is 1. The number of aryl methyl sites for hydroxylation is 2. The van der Waals surface area contributed by atoms with Gasteiger partial charge in [0.15, 0.2) is 0 Å². The van der Waals surface area contributed by atoms with Gasteiger partial charge in [-0.05, 0) is 19.4 Å². The highest BCUT2D eigenvalue weighted by atomic mass is 15.2. The largest absolute Gasteiger partial charge is 0.271 e. The SMILES string of the molecule is CCc1nnc(C)cc1C(NN)c1cnccn1. The van der Waals surface area contributed by atoms with Gasteiger partial charge in [0, 0.05) is 18.0 Å². The van der Waals surface area contributed by atoms with Gasteiger partial charge in [0.1, 0.15) is 0 Å². The molecule has 0 aliphatic heterocycles. The summed E-state index contributed by atoms with van der Waals surface area (Å²) in [5.41, 5.74) is 6.29. The number of aromatic nitrogens is 4. The molecule has 0 saturated carbocycles. The van der Waals surface area contributed by atoms with Gasteiger partial charge in [0.2, 0.25) is 0 Å². The van der Waals surface area contributed by atoms with Crippen molar-refractivity contribution >= 4 is 0 Å². The Morgan fingerprint density at radius 3 is 2.78 bits per heavy atom. The third-order valence-corrected chi connectivity index (χ3v) is 2.72. The Morgan fingerprint density at radius 1 is 1.33 bits per heavy atom. The predicted octanol–water partition coefficient (Wildman–Crippen LogP) is 0.690. The predicted molar refractivity (Wildman–Crippen MR) is 67.3 cm³/mol. The standard InChI is InChI=1S/C12H16N6/c1-3-10-9(6-8(2)17-18-10)12(16-13)11-7-14-4-5-15-11/h4-7,12,16H,3,13H2,1-2H3. The number of nitrogens with zero attached hydrogens (tertiary/aromatic N) is 4. The summed E-state index contributed by atoms with van der Waals surface area (Å²) in [4.78, 5) is 8.34. The normalized spacial score (nSPS) is 12.4. The van der Waals surface area contributed by atoms with Gasteiger partial charge in [0.25, 0.3) is 0 Å². The van der Waals surface area contributed by atoms with Crippen LogP contribution < -0.4 is 11.3 Å². The Balaban J connectivity index is 2.48. The van der Waals surface area contributed by atoms with Crippen LogP contribution in [0.3, 0.4) is 0 Å². The molecule has 6 heteroatoms. The molecule has 18 heavy (non-hydrogen) atoms. The molecule has 0 aliphatic rings. The van der Waals surface area contributed by atoms with Crippen molar-refractivity contribution in [3.05, 3.63) is 47.3 Å². The highest BCUT2D eigenvalue weighted by Crippen LogP contribution is 2.22. The smallest absolute Gasteiger partial charge is 0.0915 e. The monoisotopic (exact) mass is 244 g/mol. The maximum absolute atomic E-state index is 5.64. The van der Waals surface area contributed by atoms with Crippen molar-refractivity contribution in [2.24, 2.45) is 5.84 Å². The van der Waals surface area contributed by atoms with Crippen molar-refractivity contribution in [2.45, 2.75) is 26.3 Å². The van der Waals surface area contributed by atoms with Crippen LogP contribution in [0.4, 0.5) is 0 Å². The lowest BCUT2D eigenvalue weighted by atomic mass is 10.0. The fraction of sp³-hybridized carbons (Fsp3) is 0.333. The Kier molecular flexibility index (Phi) is 3.91. The van der Waals surface area contributed by atoms with Crippen LogP contribution in [-0.4, -0.2) is 20.2 Å². The van der Waals surface area contributed by atoms with E-state index in [2.05, 4.69) is 25.6 Å². The minimum absolute atomic E-state index is 0.220. The first-order chi connectivity index (χ1) is 8.76. The van der Waals surface area contributed by atoms with E-state index in [1.54, 1.807) is 18.6 Å². The van der Waals surface area contributed by atoms with E-state index in [-0.39, 0.29) is 6.04 Å². The molecule has 2 aromatic rings. The second-order valence-corrected chi connectivity index (χ2v) is 3.97. The number of rotatable bonds is 4. The van der Waals surface area contributed by atoms with E-state index in [0.29, 0.717) is 0 Å². The molecule has 0 amide bonds. The molecule has 94 valence electrons. The van der Waals surface area contributed by atoms with Crippen LogP contribution in [0.25, 0.3) is 0 Å². The second-order valence-electron chi connectivity index (χ2n) is 3.97. The summed E-state index contributed by atoms with van der Waals surface area (Å²) in [6.45, 7) is 3.94. The fourth-order valence-corrected chi connectivity index (χ4v) is 1.85. The number of hydrogen-bond donors (Lipinski definition) is 2. The number of hydrogen-bond acceptors (Lipinski definition) is 6. The minimum atomic E-state index is -0.220. The van der Waals surface area contributed by atoms with Gasteiger partial charge >= 0.3 is 0 Å². The molecule has 6 nitrogen and oxygen atoms in total. The molecule has 2 aromatic heterocycles. The third kappa shape index (κ3) is 2.49. The molecule has 0 aliphatic carbocycles. The third-order valence-electron chi connectivity index (χ3n) is 2.72. The van der Waals surface area contributed by atoms with Gasteiger partial charge in [-0.3, -0.25) is 15.8 Å². The average Bonchev–Trinajstić information content (AvgIpc) is 2.41. The molecule has 2 rings (SSSR count). The van der Waals surface area contributed by atoms with Gasteiger partial charge in [-0.15, -0.1) is 0 Å². The van der Waals surface area contributed by atoms with Crippen molar-refractivity contribution < 1.29 is 0 Å². The van der Waals surface area contributed by atoms with Gasteiger partial charge in [0.05, 0.1) is 29.3 Å². The minimum Gasteiger partial charge on any atom is -0.271 e. The molecule has 0 aromatic carbocycles. The van der Waals surface area contributed by atoms with Gasteiger partial charge in [-0.1, -0.05) is 6.92 Å². The van der Waals surface area contributed by atoms with Crippen molar-refractivity contribution in [1.82, 2.24) is 25.6 Å². The van der Waals surface area contributed by atoms with Crippen molar-refractivity contribution in [1.29, 1.82) is 0 Å². The first-order valence-electron chi connectivity index (χ1n) is 5.81. The zero-order valence-electron chi connectivity index (χ0n) is 10.5. The van der Waals surface area contributed by atoms with E-state index >= 15 is 0 Å². The Hall–Kier alpha value is -1.92. The lowest BCUT2D eigenvalue weighted by Crippen LogP contribution is -2.30. The van der Waals surface area contributed by atoms with Gasteiger partial charge in [-0.25, -0.2) is 5.43 Å². The van der Waals surface area contributed by atoms with E-state index < -0.39 is 0 Å². The van der Waals surface area contributed by atoms with E-state index in [4.69, 9.17) is 5.84 Å². The van der Waals surface area contributed by atoms with E-state index in [1.807, 2.05) is 19.9 Å². The zero-order valence-corrected chi connectivity index (χ0v) is 10.5. The van der Waals surface area contributed by atoms with Crippen molar-refractivity contribution in [3.63, 3.8) is 0 Å². The lowest BCUT2D eigenvalue weighted by Gasteiger charge is -2.17.